The van der Waals surface area contributed by atoms with Crippen molar-refractivity contribution in [2.24, 2.45) is 0 Å². The van der Waals surface area contributed by atoms with Crippen LogP contribution in [0.5, 0.6) is 0 Å². The molecule has 0 unspecified atom stereocenters. The summed E-state index contributed by atoms with van der Waals surface area (Å²) in [6, 6.07) is 12.6. The van der Waals surface area contributed by atoms with Gasteiger partial charge >= 0.3 is 0 Å². The Morgan fingerprint density at radius 3 is 2.65 bits per heavy atom. The standard InChI is InChI=1S/C13H6ClN3/c14-13-4-2-11-6-9(1-3-12(11)17-13)5-10(7-15)8-16/h1-6H. The summed E-state index contributed by atoms with van der Waals surface area (Å²) in [4.78, 5) is 4.15. The van der Waals surface area contributed by atoms with Gasteiger partial charge in [0.05, 0.1) is 5.52 Å². The number of nitriles is 2. The van der Waals surface area contributed by atoms with Crippen LogP contribution in [0.15, 0.2) is 35.9 Å². The second-order valence-electron chi connectivity index (χ2n) is 3.37. The summed E-state index contributed by atoms with van der Waals surface area (Å²) in [5, 5.41) is 18.7. The second-order valence-corrected chi connectivity index (χ2v) is 3.75. The molecule has 80 valence electrons. The molecule has 0 aliphatic carbocycles. The molecule has 0 spiro atoms. The van der Waals surface area contributed by atoms with Crippen LogP contribution in [0.3, 0.4) is 0 Å². The minimum absolute atomic E-state index is 0.0753. The minimum Gasteiger partial charge on any atom is -0.236 e. The third-order valence-electron chi connectivity index (χ3n) is 2.23. The summed E-state index contributed by atoms with van der Waals surface area (Å²) < 4.78 is 0. The number of nitrogens with zero attached hydrogens (tertiary/aromatic N) is 3. The van der Waals surface area contributed by atoms with Crippen molar-refractivity contribution in [2.45, 2.75) is 0 Å². The lowest BCUT2D eigenvalue weighted by Gasteiger charge is -1.99. The van der Waals surface area contributed by atoms with Crippen LogP contribution >= 0.6 is 11.6 Å². The molecule has 0 aliphatic heterocycles. The van der Waals surface area contributed by atoms with Gasteiger partial charge in [-0.3, -0.25) is 0 Å². The van der Waals surface area contributed by atoms with Gasteiger partial charge in [-0.2, -0.15) is 10.5 Å². The highest BCUT2D eigenvalue weighted by Crippen LogP contribution is 2.18. The first-order valence-electron chi connectivity index (χ1n) is 4.81. The molecule has 0 aliphatic rings. The summed E-state index contributed by atoms with van der Waals surface area (Å²) in [6.07, 6.45) is 1.54. The van der Waals surface area contributed by atoms with Crippen molar-refractivity contribution in [3.63, 3.8) is 0 Å². The van der Waals surface area contributed by atoms with Crippen LogP contribution in [0.4, 0.5) is 0 Å². The Kier molecular flexibility index (Phi) is 3.05. The number of allylic oxidation sites excluding steroid dienone is 1. The van der Waals surface area contributed by atoms with Gasteiger partial charge in [0, 0.05) is 5.39 Å². The van der Waals surface area contributed by atoms with Gasteiger partial charge in [0.2, 0.25) is 0 Å². The Balaban J connectivity index is 2.54. The van der Waals surface area contributed by atoms with E-state index in [4.69, 9.17) is 22.1 Å². The lowest BCUT2D eigenvalue weighted by Crippen LogP contribution is -1.81. The molecule has 0 fully saturated rings. The van der Waals surface area contributed by atoms with E-state index in [0.717, 1.165) is 16.5 Å². The third-order valence-corrected chi connectivity index (χ3v) is 2.44. The van der Waals surface area contributed by atoms with Crippen LogP contribution < -0.4 is 0 Å². The van der Waals surface area contributed by atoms with Gasteiger partial charge in [0.15, 0.2) is 0 Å². The van der Waals surface area contributed by atoms with Gasteiger partial charge in [-0.15, -0.1) is 0 Å². The zero-order valence-corrected chi connectivity index (χ0v) is 9.44. The summed E-state index contributed by atoms with van der Waals surface area (Å²) >= 11 is 5.78. The first kappa shape index (κ1) is 11.1. The van der Waals surface area contributed by atoms with Crippen molar-refractivity contribution >= 4 is 28.6 Å². The molecule has 0 bridgehead atoms. The lowest BCUT2D eigenvalue weighted by atomic mass is 10.1. The number of hydrogen-bond acceptors (Lipinski definition) is 3. The van der Waals surface area contributed by atoms with Gasteiger partial charge in [0.1, 0.15) is 22.9 Å². The Labute approximate surface area is 103 Å². The molecule has 0 saturated heterocycles. The summed E-state index contributed by atoms with van der Waals surface area (Å²) in [6.45, 7) is 0. The van der Waals surface area contributed by atoms with Crippen LogP contribution in [-0.2, 0) is 0 Å². The van der Waals surface area contributed by atoms with E-state index in [1.165, 1.54) is 6.08 Å². The van der Waals surface area contributed by atoms with Crippen LogP contribution in [0.2, 0.25) is 5.15 Å². The summed E-state index contributed by atoms with van der Waals surface area (Å²) in [5.74, 6) is 0. The van der Waals surface area contributed by atoms with Crippen LogP contribution in [0.1, 0.15) is 5.56 Å². The van der Waals surface area contributed by atoms with E-state index in [9.17, 15) is 0 Å². The van der Waals surface area contributed by atoms with Crippen LogP contribution in [0, 0.1) is 22.7 Å². The molecule has 4 heteroatoms. The van der Waals surface area contributed by atoms with Crippen molar-refractivity contribution in [1.29, 1.82) is 10.5 Å². The molecule has 1 aromatic heterocycles. The highest BCUT2D eigenvalue weighted by atomic mass is 35.5. The predicted octanol–water partition coefficient (Wildman–Crippen LogP) is 3.32. The van der Waals surface area contributed by atoms with Gasteiger partial charge in [0.25, 0.3) is 0 Å². The molecule has 0 radical (unpaired) electrons. The molecule has 3 nitrogen and oxygen atoms in total. The average Bonchev–Trinajstić information content (AvgIpc) is 2.36. The minimum atomic E-state index is 0.0753. The average molecular weight is 240 g/mol. The number of aromatic nitrogens is 1. The lowest BCUT2D eigenvalue weighted by molar-refractivity contribution is 1.41. The largest absolute Gasteiger partial charge is 0.236 e. The smallest absolute Gasteiger partial charge is 0.130 e. The van der Waals surface area contributed by atoms with E-state index in [1.54, 1.807) is 18.2 Å². The molecule has 2 rings (SSSR count). The van der Waals surface area contributed by atoms with Crippen LogP contribution in [-0.4, -0.2) is 4.98 Å². The van der Waals surface area contributed by atoms with E-state index < -0.39 is 0 Å². The number of hydrogen-bond donors (Lipinski definition) is 0. The van der Waals surface area contributed by atoms with E-state index >= 15 is 0 Å². The monoisotopic (exact) mass is 239 g/mol. The first-order valence-corrected chi connectivity index (χ1v) is 5.19. The maximum absolute atomic E-state index is 8.67. The van der Waals surface area contributed by atoms with E-state index in [1.807, 2.05) is 24.3 Å². The van der Waals surface area contributed by atoms with Crippen molar-refractivity contribution in [1.82, 2.24) is 4.98 Å². The van der Waals surface area contributed by atoms with Crippen LogP contribution in [0.25, 0.3) is 17.0 Å². The number of pyridine rings is 1. The van der Waals surface area contributed by atoms with Gasteiger partial charge in [-0.1, -0.05) is 17.7 Å². The van der Waals surface area contributed by atoms with Crippen molar-refractivity contribution in [2.75, 3.05) is 0 Å². The normalized spacial score (nSPS) is 9.35. The summed E-state index contributed by atoms with van der Waals surface area (Å²) in [5.41, 5.74) is 1.65. The van der Waals surface area contributed by atoms with Gasteiger partial charge in [-0.25, -0.2) is 4.98 Å². The Bertz CT molecular complexity index is 674. The number of rotatable bonds is 1. The van der Waals surface area contributed by atoms with Gasteiger partial charge < -0.3 is 0 Å². The fraction of sp³-hybridized carbons (Fsp3) is 0. The number of halogens is 1. The molecule has 0 atom stereocenters. The number of fused-ring (bicyclic) bond motifs is 1. The quantitative estimate of drug-likeness (QED) is 0.567. The molecule has 2 aromatic rings. The molecular weight excluding hydrogens is 234 g/mol. The highest BCUT2D eigenvalue weighted by Gasteiger charge is 1.99. The Morgan fingerprint density at radius 1 is 1.18 bits per heavy atom. The molecule has 0 saturated carbocycles. The summed E-state index contributed by atoms with van der Waals surface area (Å²) in [7, 11) is 0. The fourth-order valence-corrected chi connectivity index (χ4v) is 1.62. The zero-order chi connectivity index (χ0) is 12.3. The SMILES string of the molecule is N#CC(C#N)=Cc1ccc2nc(Cl)ccc2c1. The van der Waals surface area contributed by atoms with E-state index in [-0.39, 0.29) is 5.57 Å². The number of benzene rings is 1. The van der Waals surface area contributed by atoms with E-state index in [0.29, 0.717) is 5.15 Å². The third kappa shape index (κ3) is 2.42. The molecule has 0 N–H and O–H groups in total. The van der Waals surface area contributed by atoms with Crippen molar-refractivity contribution in [3.05, 3.63) is 46.6 Å². The topological polar surface area (TPSA) is 60.5 Å². The molecule has 1 aromatic carbocycles. The van der Waals surface area contributed by atoms with Gasteiger partial charge in [-0.05, 0) is 35.9 Å². The second kappa shape index (κ2) is 4.65. The molecule has 17 heavy (non-hydrogen) atoms. The maximum Gasteiger partial charge on any atom is 0.130 e. The highest BCUT2D eigenvalue weighted by molar-refractivity contribution is 6.29. The van der Waals surface area contributed by atoms with Crippen molar-refractivity contribution < 1.29 is 0 Å². The first-order chi connectivity index (χ1) is 8.22. The maximum atomic E-state index is 8.67. The predicted molar refractivity (Wildman–Crippen MR) is 66.0 cm³/mol. The zero-order valence-electron chi connectivity index (χ0n) is 8.68. The molecular formula is C13H6ClN3. The fourth-order valence-electron chi connectivity index (χ4n) is 1.47. The van der Waals surface area contributed by atoms with E-state index in [2.05, 4.69) is 4.98 Å². The molecule has 0 amide bonds. The molecule has 1 heterocycles. The van der Waals surface area contributed by atoms with Crippen molar-refractivity contribution in [3.8, 4) is 12.1 Å². The Hall–Kier alpha value is -2.36. The Morgan fingerprint density at radius 2 is 1.94 bits per heavy atom.